The predicted molar refractivity (Wildman–Crippen MR) is 70.5 cm³/mol. The molecule has 0 spiro atoms. The summed E-state index contributed by atoms with van der Waals surface area (Å²) in [5.74, 6) is -1.76. The van der Waals surface area contributed by atoms with E-state index in [2.05, 4.69) is 5.10 Å². The van der Waals surface area contributed by atoms with Crippen LogP contribution in [0.25, 0.3) is 0 Å². The van der Waals surface area contributed by atoms with Gasteiger partial charge < -0.3 is 5.11 Å². The lowest BCUT2D eigenvalue weighted by Crippen LogP contribution is -2.56. The van der Waals surface area contributed by atoms with Gasteiger partial charge in [0.2, 0.25) is 0 Å². The van der Waals surface area contributed by atoms with Crippen LogP contribution in [-0.4, -0.2) is 33.6 Å². The molecule has 0 aliphatic carbocycles. The van der Waals surface area contributed by atoms with Crippen molar-refractivity contribution in [1.29, 1.82) is 0 Å². The van der Waals surface area contributed by atoms with Gasteiger partial charge in [-0.05, 0) is 30.7 Å². The molecule has 1 heterocycles. The Labute approximate surface area is 124 Å². The Hall–Kier alpha value is -1.96. The Morgan fingerprint density at radius 1 is 1.36 bits per heavy atom. The van der Waals surface area contributed by atoms with Crippen molar-refractivity contribution in [2.24, 2.45) is 5.10 Å². The molecule has 0 fully saturated rings. The van der Waals surface area contributed by atoms with Crippen LogP contribution in [0.3, 0.4) is 0 Å². The number of benzene rings is 1. The quantitative estimate of drug-likeness (QED) is 0.871. The predicted octanol–water partition coefficient (Wildman–Crippen LogP) is 3.08. The van der Waals surface area contributed by atoms with Crippen LogP contribution in [0, 0.1) is 5.82 Å². The molecule has 1 aliphatic rings. The van der Waals surface area contributed by atoms with Crippen molar-refractivity contribution in [3.05, 3.63) is 35.6 Å². The second-order valence-electron chi connectivity index (χ2n) is 5.03. The highest BCUT2D eigenvalue weighted by Gasteiger charge is 2.63. The van der Waals surface area contributed by atoms with E-state index in [0.29, 0.717) is 6.42 Å². The van der Waals surface area contributed by atoms with Gasteiger partial charge in [-0.3, -0.25) is 4.79 Å². The Balaban J connectivity index is 2.39. The number of carbonyl (C=O) groups is 1. The Bertz CT molecular complexity index is 598. The van der Waals surface area contributed by atoms with Crippen LogP contribution in [0.15, 0.2) is 29.4 Å². The zero-order valence-electron chi connectivity index (χ0n) is 11.7. The number of nitrogens with zero attached hydrogens (tertiary/aromatic N) is 2. The minimum Gasteiger partial charge on any atom is -0.362 e. The summed E-state index contributed by atoms with van der Waals surface area (Å²) in [6.45, 7) is 1.75. The van der Waals surface area contributed by atoms with Gasteiger partial charge in [0.15, 0.2) is 0 Å². The highest BCUT2D eigenvalue weighted by atomic mass is 19.4. The van der Waals surface area contributed by atoms with Crippen molar-refractivity contribution in [3.8, 4) is 0 Å². The van der Waals surface area contributed by atoms with E-state index in [1.54, 1.807) is 6.92 Å². The van der Waals surface area contributed by atoms with Crippen LogP contribution >= 0.6 is 0 Å². The van der Waals surface area contributed by atoms with E-state index >= 15 is 0 Å². The number of halogens is 4. The zero-order valence-corrected chi connectivity index (χ0v) is 11.7. The lowest BCUT2D eigenvalue weighted by atomic mass is 10.0. The highest BCUT2D eigenvalue weighted by Crippen LogP contribution is 2.41. The molecule has 1 N–H and O–H groups in total. The number of hydrogen-bond acceptors (Lipinski definition) is 3. The van der Waals surface area contributed by atoms with E-state index in [-0.39, 0.29) is 22.7 Å². The summed E-state index contributed by atoms with van der Waals surface area (Å²) in [6, 6.07) is 3.99. The topological polar surface area (TPSA) is 52.9 Å². The molecule has 0 saturated carbocycles. The second-order valence-corrected chi connectivity index (χ2v) is 5.03. The van der Waals surface area contributed by atoms with Crippen LogP contribution < -0.4 is 0 Å². The van der Waals surface area contributed by atoms with Gasteiger partial charge in [-0.1, -0.05) is 13.3 Å². The third-order valence-electron chi connectivity index (χ3n) is 3.32. The number of hydrogen-bond donors (Lipinski definition) is 1. The fourth-order valence-electron chi connectivity index (χ4n) is 2.19. The third kappa shape index (κ3) is 2.83. The molecule has 0 unspecified atom stereocenters. The summed E-state index contributed by atoms with van der Waals surface area (Å²) in [5, 5.41) is 13.6. The first-order chi connectivity index (χ1) is 10.2. The first kappa shape index (κ1) is 16.4. The molecule has 4 nitrogen and oxygen atoms in total. The largest absolute Gasteiger partial charge is 0.438 e. The van der Waals surface area contributed by atoms with Crippen LogP contribution in [0.2, 0.25) is 0 Å². The first-order valence-corrected chi connectivity index (χ1v) is 6.64. The summed E-state index contributed by atoms with van der Waals surface area (Å²) in [5.41, 5.74) is -3.47. The van der Waals surface area contributed by atoms with Crippen LogP contribution in [0.5, 0.6) is 0 Å². The zero-order chi connectivity index (χ0) is 16.5. The van der Waals surface area contributed by atoms with Gasteiger partial charge >= 0.3 is 6.18 Å². The lowest BCUT2D eigenvalue weighted by Gasteiger charge is -2.32. The van der Waals surface area contributed by atoms with Crippen LogP contribution in [0.4, 0.5) is 17.6 Å². The summed E-state index contributed by atoms with van der Waals surface area (Å²) in [7, 11) is 0. The first-order valence-electron chi connectivity index (χ1n) is 6.64. The molecule has 22 heavy (non-hydrogen) atoms. The van der Waals surface area contributed by atoms with E-state index in [9.17, 15) is 27.5 Å². The molecule has 0 aromatic heterocycles. The molecule has 8 heteroatoms. The van der Waals surface area contributed by atoms with Gasteiger partial charge in [-0.15, -0.1) is 0 Å². The van der Waals surface area contributed by atoms with Crippen molar-refractivity contribution in [3.63, 3.8) is 0 Å². The van der Waals surface area contributed by atoms with Crippen LogP contribution in [-0.2, 0) is 0 Å². The fraction of sp³-hybridized carbons (Fsp3) is 0.429. The van der Waals surface area contributed by atoms with Crippen molar-refractivity contribution in [2.45, 2.75) is 38.1 Å². The molecule has 0 radical (unpaired) electrons. The van der Waals surface area contributed by atoms with Crippen molar-refractivity contribution in [1.82, 2.24) is 5.01 Å². The molecule has 0 saturated heterocycles. The fourth-order valence-corrected chi connectivity index (χ4v) is 2.19. The third-order valence-corrected chi connectivity index (χ3v) is 3.32. The number of alkyl halides is 3. The monoisotopic (exact) mass is 318 g/mol. The number of carbonyl (C=O) groups excluding carboxylic acids is 1. The second kappa shape index (κ2) is 5.68. The highest BCUT2D eigenvalue weighted by molar-refractivity contribution is 5.98. The Kier molecular flexibility index (Phi) is 4.23. The summed E-state index contributed by atoms with van der Waals surface area (Å²) in [6.07, 6.45) is -5.06. The van der Waals surface area contributed by atoms with E-state index in [1.165, 1.54) is 0 Å². The summed E-state index contributed by atoms with van der Waals surface area (Å²) < 4.78 is 52.4. The molecule has 1 aromatic rings. The van der Waals surface area contributed by atoms with Gasteiger partial charge in [-0.2, -0.15) is 23.3 Å². The molecule has 0 bridgehead atoms. The molecular weight excluding hydrogens is 304 g/mol. The van der Waals surface area contributed by atoms with Crippen molar-refractivity contribution < 1.29 is 27.5 Å². The number of rotatable bonds is 3. The Morgan fingerprint density at radius 3 is 2.45 bits per heavy atom. The SMILES string of the molecule is CCCC1=NN(C(=O)c2ccc(F)cc2)[C@](O)(C(F)(F)F)C1. The van der Waals surface area contributed by atoms with Gasteiger partial charge in [-0.25, -0.2) is 4.39 Å². The van der Waals surface area contributed by atoms with Crippen molar-refractivity contribution >= 4 is 11.6 Å². The average molecular weight is 318 g/mol. The van der Waals surface area contributed by atoms with Crippen molar-refractivity contribution in [2.75, 3.05) is 0 Å². The van der Waals surface area contributed by atoms with E-state index in [4.69, 9.17) is 0 Å². The maximum absolute atomic E-state index is 13.2. The van der Waals surface area contributed by atoms with E-state index < -0.39 is 30.0 Å². The standard InChI is InChI=1S/C14H14F4N2O2/c1-2-3-11-8-13(22,14(16,17)18)20(19-11)12(21)9-4-6-10(15)7-5-9/h4-7,22H,2-3,8H2,1H3/t13-/m1/s1. The number of aliphatic hydroxyl groups is 1. The molecule has 1 amide bonds. The number of hydrazone groups is 1. The molecule has 120 valence electrons. The molecule has 2 rings (SSSR count). The molecule has 1 aromatic carbocycles. The van der Waals surface area contributed by atoms with Gasteiger partial charge in [0, 0.05) is 17.7 Å². The average Bonchev–Trinajstić information content (AvgIpc) is 2.77. The van der Waals surface area contributed by atoms with Gasteiger partial charge in [0.1, 0.15) is 5.82 Å². The molecule has 1 atom stereocenters. The Morgan fingerprint density at radius 2 is 1.95 bits per heavy atom. The summed E-state index contributed by atoms with van der Waals surface area (Å²) in [4.78, 5) is 12.2. The smallest absolute Gasteiger partial charge is 0.362 e. The maximum Gasteiger partial charge on any atom is 0.438 e. The maximum atomic E-state index is 13.2. The van der Waals surface area contributed by atoms with E-state index in [0.717, 1.165) is 24.3 Å². The number of amides is 1. The van der Waals surface area contributed by atoms with Crippen LogP contribution in [0.1, 0.15) is 36.5 Å². The van der Waals surface area contributed by atoms with E-state index in [1.807, 2.05) is 0 Å². The summed E-state index contributed by atoms with van der Waals surface area (Å²) >= 11 is 0. The minimum absolute atomic E-state index is 0.0469. The van der Waals surface area contributed by atoms with Gasteiger partial charge in [0.05, 0.1) is 0 Å². The molecular formula is C14H14F4N2O2. The molecule has 1 aliphatic heterocycles. The normalized spacial score (nSPS) is 21.9. The minimum atomic E-state index is -5.05. The van der Waals surface area contributed by atoms with Gasteiger partial charge in [0.25, 0.3) is 11.6 Å². The lowest BCUT2D eigenvalue weighted by molar-refractivity contribution is -0.297.